The molecule has 0 aliphatic heterocycles. The van der Waals surface area contributed by atoms with Crippen molar-refractivity contribution in [2.24, 2.45) is 0 Å². The molecule has 0 heterocycles. The second kappa shape index (κ2) is 17.8. The summed E-state index contributed by atoms with van der Waals surface area (Å²) >= 11 is 0. The normalized spacial score (nSPS) is 7.43. The Morgan fingerprint density at radius 2 is 1.00 bits per heavy atom. The van der Waals surface area contributed by atoms with Crippen molar-refractivity contribution in [2.45, 2.75) is 25.7 Å². The Labute approximate surface area is 82.8 Å². The molecule has 0 radical (unpaired) electrons. The largest absolute Gasteiger partial charge is 0.481 e. The van der Waals surface area contributed by atoms with E-state index in [1.807, 2.05) is 0 Å². The molecule has 0 amide bonds. The molecule has 0 aliphatic rings. The van der Waals surface area contributed by atoms with Crippen LogP contribution in [0.25, 0.3) is 0 Å². The fraction of sp³-hybridized carbons (Fsp3) is 0.750. The summed E-state index contributed by atoms with van der Waals surface area (Å²) in [6.07, 6.45) is 1.02. The highest BCUT2D eigenvalue weighted by Gasteiger charge is 1.99. The van der Waals surface area contributed by atoms with Crippen molar-refractivity contribution in [3.63, 3.8) is 0 Å². The van der Waals surface area contributed by atoms with Crippen LogP contribution in [-0.2, 0) is 9.59 Å². The maximum atomic E-state index is 9.90. The Kier molecular flexibility index (Phi) is 23.7. The van der Waals surface area contributed by atoms with Gasteiger partial charge in [0.1, 0.15) is 0 Å². The molecule has 0 aromatic carbocycles. The SMILES string of the molecule is CO.CO.O=C(O)CCCCC(=O)O. The third-order valence-electron chi connectivity index (χ3n) is 1.03. The first kappa shape index (κ1) is 18.6. The summed E-state index contributed by atoms with van der Waals surface area (Å²) in [4.78, 5) is 19.8. The van der Waals surface area contributed by atoms with E-state index in [0.29, 0.717) is 12.8 Å². The third kappa shape index (κ3) is 30.7. The van der Waals surface area contributed by atoms with E-state index in [4.69, 9.17) is 20.4 Å². The number of carboxylic acids is 2. The minimum atomic E-state index is -0.870. The Morgan fingerprint density at radius 1 is 0.786 bits per heavy atom. The average Bonchev–Trinajstić information content (AvgIpc) is 2.18. The summed E-state index contributed by atoms with van der Waals surface area (Å²) in [5.41, 5.74) is 0. The molecule has 0 unspecified atom stereocenters. The van der Waals surface area contributed by atoms with E-state index >= 15 is 0 Å². The maximum absolute atomic E-state index is 9.90. The van der Waals surface area contributed by atoms with Gasteiger partial charge in [0.05, 0.1) is 0 Å². The summed E-state index contributed by atoms with van der Waals surface area (Å²) in [7, 11) is 2.00. The molecule has 0 atom stereocenters. The van der Waals surface area contributed by atoms with Crippen molar-refractivity contribution in [1.82, 2.24) is 0 Å². The molecule has 86 valence electrons. The van der Waals surface area contributed by atoms with Gasteiger partial charge in [-0.05, 0) is 12.8 Å². The van der Waals surface area contributed by atoms with Crippen LogP contribution in [0.15, 0.2) is 0 Å². The zero-order valence-corrected chi connectivity index (χ0v) is 8.43. The zero-order valence-electron chi connectivity index (χ0n) is 8.43. The minimum Gasteiger partial charge on any atom is -0.481 e. The summed E-state index contributed by atoms with van der Waals surface area (Å²) in [5, 5.41) is 30.3. The molecular formula is C8H18O6. The summed E-state index contributed by atoms with van der Waals surface area (Å²) in [5.74, 6) is -1.74. The Hall–Kier alpha value is -1.14. The summed E-state index contributed by atoms with van der Waals surface area (Å²) in [6.45, 7) is 0. The third-order valence-corrected chi connectivity index (χ3v) is 1.03. The van der Waals surface area contributed by atoms with E-state index < -0.39 is 11.9 Å². The van der Waals surface area contributed by atoms with E-state index in [9.17, 15) is 9.59 Å². The van der Waals surface area contributed by atoms with Crippen LogP contribution in [0.3, 0.4) is 0 Å². The van der Waals surface area contributed by atoms with E-state index in [1.165, 1.54) is 0 Å². The molecule has 0 saturated heterocycles. The average molecular weight is 210 g/mol. The monoisotopic (exact) mass is 210 g/mol. The molecular weight excluding hydrogens is 192 g/mol. The smallest absolute Gasteiger partial charge is 0.303 e. The van der Waals surface area contributed by atoms with Crippen molar-refractivity contribution < 1.29 is 30.0 Å². The Morgan fingerprint density at radius 3 is 1.14 bits per heavy atom. The van der Waals surface area contributed by atoms with E-state index in [1.54, 1.807) is 0 Å². The predicted octanol–water partition coefficient (Wildman–Crippen LogP) is -0.0670. The lowest BCUT2D eigenvalue weighted by Gasteiger charge is -1.92. The number of hydrogen-bond acceptors (Lipinski definition) is 4. The number of rotatable bonds is 5. The first-order chi connectivity index (χ1) is 6.63. The van der Waals surface area contributed by atoms with Crippen LogP contribution in [0.2, 0.25) is 0 Å². The van der Waals surface area contributed by atoms with Crippen LogP contribution in [0.5, 0.6) is 0 Å². The number of aliphatic hydroxyl groups excluding tert-OH is 2. The van der Waals surface area contributed by atoms with Crippen LogP contribution in [-0.4, -0.2) is 46.6 Å². The minimum absolute atomic E-state index is 0.0628. The predicted molar refractivity (Wildman–Crippen MR) is 50.0 cm³/mol. The summed E-state index contributed by atoms with van der Waals surface area (Å²) in [6, 6.07) is 0. The quantitative estimate of drug-likeness (QED) is 0.472. The number of unbranched alkanes of at least 4 members (excludes halogenated alkanes) is 1. The highest BCUT2D eigenvalue weighted by Crippen LogP contribution is 1.98. The Balaban J connectivity index is -0.000000266. The number of aliphatic hydroxyl groups is 2. The fourth-order valence-corrected chi connectivity index (χ4v) is 0.552. The Bertz CT molecular complexity index is 118. The second-order valence-corrected chi connectivity index (χ2v) is 1.99. The molecule has 0 rings (SSSR count). The van der Waals surface area contributed by atoms with Crippen molar-refractivity contribution in [3.8, 4) is 0 Å². The van der Waals surface area contributed by atoms with Gasteiger partial charge in [0.15, 0.2) is 0 Å². The topological polar surface area (TPSA) is 115 Å². The molecule has 6 heteroatoms. The lowest BCUT2D eigenvalue weighted by atomic mass is 10.2. The molecule has 0 bridgehead atoms. The lowest BCUT2D eigenvalue weighted by Crippen LogP contribution is -1.97. The fourth-order valence-electron chi connectivity index (χ4n) is 0.552. The van der Waals surface area contributed by atoms with Gasteiger partial charge in [0, 0.05) is 27.1 Å². The molecule has 6 nitrogen and oxygen atoms in total. The van der Waals surface area contributed by atoms with Gasteiger partial charge in [-0.1, -0.05) is 0 Å². The first-order valence-corrected chi connectivity index (χ1v) is 3.96. The maximum Gasteiger partial charge on any atom is 0.303 e. The van der Waals surface area contributed by atoms with Gasteiger partial charge in [0.25, 0.3) is 0 Å². The standard InChI is InChI=1S/C6H10O4.2CH4O/c7-5(8)3-1-2-4-6(9)10;2*1-2/h1-4H2,(H,7,8)(H,9,10);2*2H,1H3. The molecule has 4 N–H and O–H groups in total. The van der Waals surface area contributed by atoms with Gasteiger partial charge in [0.2, 0.25) is 0 Å². The molecule has 0 saturated carbocycles. The number of carboxylic acid groups (broad SMARTS) is 2. The van der Waals surface area contributed by atoms with Crippen LogP contribution in [0.1, 0.15) is 25.7 Å². The van der Waals surface area contributed by atoms with Crippen LogP contribution in [0, 0.1) is 0 Å². The van der Waals surface area contributed by atoms with Gasteiger partial charge in [-0.2, -0.15) is 0 Å². The van der Waals surface area contributed by atoms with Gasteiger partial charge >= 0.3 is 11.9 Å². The van der Waals surface area contributed by atoms with E-state index in [2.05, 4.69) is 0 Å². The van der Waals surface area contributed by atoms with Crippen LogP contribution < -0.4 is 0 Å². The highest BCUT2D eigenvalue weighted by atomic mass is 16.4. The van der Waals surface area contributed by atoms with Crippen molar-refractivity contribution in [1.29, 1.82) is 0 Å². The zero-order chi connectivity index (χ0) is 12.0. The highest BCUT2D eigenvalue weighted by molar-refractivity contribution is 5.67. The number of hydrogen-bond donors (Lipinski definition) is 4. The lowest BCUT2D eigenvalue weighted by molar-refractivity contribution is -0.139. The van der Waals surface area contributed by atoms with Gasteiger partial charge in [-0.25, -0.2) is 0 Å². The molecule has 0 aromatic rings. The van der Waals surface area contributed by atoms with Gasteiger partial charge in [-0.15, -0.1) is 0 Å². The van der Waals surface area contributed by atoms with Crippen LogP contribution in [0.4, 0.5) is 0 Å². The van der Waals surface area contributed by atoms with Crippen molar-refractivity contribution >= 4 is 11.9 Å². The summed E-state index contributed by atoms with van der Waals surface area (Å²) < 4.78 is 0. The number of carbonyl (C=O) groups is 2. The van der Waals surface area contributed by atoms with Gasteiger partial charge < -0.3 is 20.4 Å². The molecule has 0 aromatic heterocycles. The second-order valence-electron chi connectivity index (χ2n) is 1.99. The molecule has 0 aliphatic carbocycles. The van der Waals surface area contributed by atoms with E-state index in [0.717, 1.165) is 14.2 Å². The molecule has 0 spiro atoms. The molecule has 0 fully saturated rings. The van der Waals surface area contributed by atoms with Crippen molar-refractivity contribution in [2.75, 3.05) is 14.2 Å². The number of aliphatic carboxylic acids is 2. The first-order valence-electron chi connectivity index (χ1n) is 3.96. The van der Waals surface area contributed by atoms with Crippen LogP contribution >= 0.6 is 0 Å². The van der Waals surface area contributed by atoms with E-state index in [-0.39, 0.29) is 12.8 Å². The van der Waals surface area contributed by atoms with Gasteiger partial charge in [-0.3, -0.25) is 9.59 Å². The van der Waals surface area contributed by atoms with Crippen molar-refractivity contribution in [3.05, 3.63) is 0 Å². The molecule has 14 heavy (non-hydrogen) atoms.